The third kappa shape index (κ3) is 2.15. The largest absolute Gasteiger partial charge is 0.338 e. The summed E-state index contributed by atoms with van der Waals surface area (Å²) in [6.45, 7) is 0. The van der Waals surface area contributed by atoms with Crippen LogP contribution in [0.1, 0.15) is 10.4 Å². The van der Waals surface area contributed by atoms with E-state index in [1.807, 2.05) is 12.1 Å². The Labute approximate surface area is 113 Å². The quantitative estimate of drug-likeness (QED) is 0.745. The molecule has 5 nitrogen and oxygen atoms in total. The first-order valence-corrected chi connectivity index (χ1v) is 5.97. The van der Waals surface area contributed by atoms with Crippen LogP contribution in [0.3, 0.4) is 0 Å². The molecule has 0 unspecified atom stereocenters. The molecular formula is C13H9ClN4O. The molecule has 1 aromatic carbocycles. The molecule has 0 atom stereocenters. The summed E-state index contributed by atoms with van der Waals surface area (Å²) < 4.78 is 1.55. The van der Waals surface area contributed by atoms with Crippen molar-refractivity contribution in [3.8, 4) is 0 Å². The summed E-state index contributed by atoms with van der Waals surface area (Å²) >= 11 is 5.92. The van der Waals surface area contributed by atoms with Gasteiger partial charge in [-0.1, -0.05) is 17.7 Å². The highest BCUT2D eigenvalue weighted by Gasteiger charge is 2.12. The van der Waals surface area contributed by atoms with Gasteiger partial charge >= 0.3 is 0 Å². The minimum Gasteiger partial charge on any atom is -0.338 e. The maximum absolute atomic E-state index is 11.2. The summed E-state index contributed by atoms with van der Waals surface area (Å²) in [6.07, 6.45) is 4.09. The van der Waals surface area contributed by atoms with Gasteiger partial charge < -0.3 is 5.32 Å². The van der Waals surface area contributed by atoms with Crippen molar-refractivity contribution in [3.63, 3.8) is 0 Å². The van der Waals surface area contributed by atoms with Gasteiger partial charge in [0.05, 0.1) is 0 Å². The summed E-state index contributed by atoms with van der Waals surface area (Å²) in [7, 11) is 0. The molecule has 0 saturated carbocycles. The van der Waals surface area contributed by atoms with Crippen LogP contribution in [-0.4, -0.2) is 20.9 Å². The van der Waals surface area contributed by atoms with Gasteiger partial charge in [0.25, 0.3) is 0 Å². The van der Waals surface area contributed by atoms with Crippen LogP contribution < -0.4 is 5.32 Å². The van der Waals surface area contributed by atoms with Gasteiger partial charge in [0.2, 0.25) is 0 Å². The van der Waals surface area contributed by atoms with Crippen LogP contribution in [0.5, 0.6) is 0 Å². The lowest BCUT2D eigenvalue weighted by Gasteiger charge is -2.03. The van der Waals surface area contributed by atoms with Crippen LogP contribution in [0, 0.1) is 0 Å². The first-order chi connectivity index (χ1) is 9.28. The Bertz CT molecular complexity index is 753. The fraction of sp³-hybridized carbons (Fsp3) is 0. The van der Waals surface area contributed by atoms with Crippen molar-refractivity contribution in [2.24, 2.45) is 0 Å². The second-order valence-corrected chi connectivity index (χ2v) is 4.34. The monoisotopic (exact) mass is 272 g/mol. The summed E-state index contributed by atoms with van der Waals surface area (Å²) in [5, 5.41) is 7.95. The summed E-state index contributed by atoms with van der Waals surface area (Å²) in [5.74, 6) is 0.455. The van der Waals surface area contributed by atoms with Crippen molar-refractivity contribution in [2.45, 2.75) is 0 Å². The topological polar surface area (TPSA) is 59.3 Å². The van der Waals surface area contributed by atoms with E-state index >= 15 is 0 Å². The number of aromatic nitrogens is 3. The number of halogens is 1. The van der Waals surface area contributed by atoms with E-state index in [1.54, 1.807) is 35.1 Å². The summed E-state index contributed by atoms with van der Waals surface area (Å²) in [5.41, 5.74) is 1.70. The average molecular weight is 273 g/mol. The number of nitrogens with zero attached hydrogens (tertiary/aromatic N) is 3. The fourth-order valence-corrected chi connectivity index (χ4v) is 2.00. The molecule has 0 saturated heterocycles. The number of anilines is 2. The van der Waals surface area contributed by atoms with Crippen LogP contribution in [0.2, 0.25) is 5.02 Å². The van der Waals surface area contributed by atoms with Crippen LogP contribution in [0.15, 0.2) is 42.7 Å². The van der Waals surface area contributed by atoms with Crippen molar-refractivity contribution >= 4 is 35.0 Å². The van der Waals surface area contributed by atoms with Crippen LogP contribution >= 0.6 is 11.6 Å². The predicted molar refractivity (Wildman–Crippen MR) is 73.1 cm³/mol. The summed E-state index contributed by atoms with van der Waals surface area (Å²) in [4.78, 5) is 15.3. The second-order valence-electron chi connectivity index (χ2n) is 3.90. The number of fused-ring (bicyclic) bond motifs is 1. The van der Waals surface area contributed by atoms with Crippen molar-refractivity contribution in [1.29, 1.82) is 0 Å². The predicted octanol–water partition coefficient (Wildman–Crippen LogP) is 2.94. The third-order valence-electron chi connectivity index (χ3n) is 2.64. The number of carbonyl (C=O) groups excluding carboxylic acids is 1. The molecule has 1 N–H and O–H groups in total. The molecular weight excluding hydrogens is 264 g/mol. The van der Waals surface area contributed by atoms with E-state index in [-0.39, 0.29) is 0 Å². The highest BCUT2D eigenvalue weighted by Crippen LogP contribution is 2.23. The highest BCUT2D eigenvalue weighted by molar-refractivity contribution is 6.30. The van der Waals surface area contributed by atoms with E-state index in [2.05, 4.69) is 15.4 Å². The highest BCUT2D eigenvalue weighted by atomic mass is 35.5. The first kappa shape index (κ1) is 11.7. The van der Waals surface area contributed by atoms with E-state index in [9.17, 15) is 4.79 Å². The molecule has 2 aromatic heterocycles. The first-order valence-electron chi connectivity index (χ1n) is 5.59. The van der Waals surface area contributed by atoms with Gasteiger partial charge in [-0.05, 0) is 24.3 Å². The zero-order valence-electron chi connectivity index (χ0n) is 9.75. The number of benzene rings is 1. The van der Waals surface area contributed by atoms with Gasteiger partial charge in [-0.25, -0.2) is 9.50 Å². The molecule has 0 aliphatic carbocycles. The molecule has 0 spiro atoms. The Balaban J connectivity index is 2.07. The zero-order chi connectivity index (χ0) is 13.2. The second kappa shape index (κ2) is 4.70. The van der Waals surface area contributed by atoms with E-state index in [0.717, 1.165) is 12.0 Å². The molecule has 2 heterocycles. The number of aldehydes is 1. The molecule has 0 aliphatic heterocycles. The van der Waals surface area contributed by atoms with Crippen molar-refractivity contribution in [2.75, 3.05) is 5.32 Å². The minimum atomic E-state index is 0.417. The van der Waals surface area contributed by atoms with Crippen LogP contribution in [0.4, 0.5) is 11.5 Å². The fourth-order valence-electron chi connectivity index (χ4n) is 1.81. The lowest BCUT2D eigenvalue weighted by molar-refractivity contribution is 0.112. The van der Waals surface area contributed by atoms with Gasteiger partial charge in [-0.2, -0.15) is 0 Å². The number of hydrogen-bond acceptors (Lipinski definition) is 4. The Morgan fingerprint density at radius 1 is 1.32 bits per heavy atom. The lowest BCUT2D eigenvalue weighted by Crippen LogP contribution is -1.94. The van der Waals surface area contributed by atoms with Crippen LogP contribution in [-0.2, 0) is 0 Å². The van der Waals surface area contributed by atoms with Gasteiger partial charge in [-0.15, -0.1) is 5.10 Å². The molecule has 19 heavy (non-hydrogen) atoms. The Hall–Kier alpha value is -2.40. The SMILES string of the molecule is O=Cc1c(Nc2cccc(Cl)c2)nn2cccnc12. The molecule has 0 fully saturated rings. The minimum absolute atomic E-state index is 0.417. The van der Waals surface area contributed by atoms with Gasteiger partial charge in [0.1, 0.15) is 5.56 Å². The van der Waals surface area contributed by atoms with Crippen molar-refractivity contribution in [3.05, 3.63) is 53.3 Å². The normalized spacial score (nSPS) is 10.6. The van der Waals surface area contributed by atoms with Gasteiger partial charge in [0, 0.05) is 23.1 Å². The smallest absolute Gasteiger partial charge is 0.167 e. The van der Waals surface area contributed by atoms with Crippen molar-refractivity contribution < 1.29 is 4.79 Å². The average Bonchev–Trinajstić information content (AvgIpc) is 2.75. The van der Waals surface area contributed by atoms with E-state index < -0.39 is 0 Å². The Morgan fingerprint density at radius 3 is 3.00 bits per heavy atom. The van der Waals surface area contributed by atoms with Crippen LogP contribution in [0.25, 0.3) is 5.65 Å². The molecule has 0 aliphatic rings. The maximum atomic E-state index is 11.2. The van der Waals surface area contributed by atoms with Crippen molar-refractivity contribution in [1.82, 2.24) is 14.6 Å². The number of hydrogen-bond donors (Lipinski definition) is 1. The molecule has 3 aromatic rings. The molecule has 0 radical (unpaired) electrons. The third-order valence-corrected chi connectivity index (χ3v) is 2.87. The van der Waals surface area contributed by atoms with Gasteiger partial charge in [0.15, 0.2) is 17.8 Å². The number of carbonyl (C=O) groups is 1. The molecule has 3 rings (SSSR count). The van der Waals surface area contributed by atoms with Gasteiger partial charge in [-0.3, -0.25) is 4.79 Å². The summed E-state index contributed by atoms with van der Waals surface area (Å²) in [6, 6.07) is 8.95. The Morgan fingerprint density at radius 2 is 2.21 bits per heavy atom. The van der Waals surface area contributed by atoms with E-state index in [0.29, 0.717) is 22.1 Å². The lowest BCUT2D eigenvalue weighted by atomic mass is 10.3. The molecule has 6 heteroatoms. The van der Waals surface area contributed by atoms with E-state index in [1.165, 1.54) is 0 Å². The number of nitrogens with one attached hydrogen (secondary N) is 1. The molecule has 0 amide bonds. The molecule has 0 bridgehead atoms. The standard InChI is InChI=1S/C13H9ClN4O/c14-9-3-1-4-10(7-9)16-12-11(8-19)13-15-5-2-6-18(13)17-12/h1-8H,(H,16,17). The molecule has 94 valence electrons. The zero-order valence-corrected chi connectivity index (χ0v) is 10.5. The van der Waals surface area contributed by atoms with E-state index in [4.69, 9.17) is 11.6 Å². The maximum Gasteiger partial charge on any atom is 0.167 e. The Kier molecular flexibility index (Phi) is 2.89. The number of rotatable bonds is 3.